The molecule has 0 saturated heterocycles. The molecule has 0 aromatic heterocycles. The van der Waals surface area contributed by atoms with Crippen LogP contribution in [0.1, 0.15) is 0 Å². The molecule has 0 heterocycles. The summed E-state index contributed by atoms with van der Waals surface area (Å²) in [6, 6.07) is 16.8. The zero-order chi connectivity index (χ0) is 20.7. The van der Waals surface area contributed by atoms with Gasteiger partial charge < -0.3 is 30.6 Å². The molecule has 0 saturated carbocycles. The standard InChI is InChI=1S/3C6H6O2.GeHO2.Na/c3*7-5-3-1-2-4-6(5)8;2-1-3;/h3*1-4,7-8H;1H;/q;;;-1;+1/p-6. The van der Waals surface area contributed by atoms with E-state index < -0.39 is 50.2 Å². The molecule has 8 nitrogen and oxygen atoms in total. The summed E-state index contributed by atoms with van der Waals surface area (Å²) >= 11 is -2.19. The van der Waals surface area contributed by atoms with Crippen LogP contribution in [0.15, 0.2) is 72.8 Å². The number of hydrogen-bond donors (Lipinski definition) is 0. The second-order valence-corrected chi connectivity index (χ2v) is 4.84. The van der Waals surface area contributed by atoms with Gasteiger partial charge in [0.15, 0.2) is 0 Å². The van der Waals surface area contributed by atoms with Crippen LogP contribution < -0.4 is 64.3 Å². The average Bonchev–Trinajstić information content (AvgIpc) is 2.64. The van der Waals surface area contributed by atoms with E-state index in [1.807, 2.05) is 0 Å². The first-order valence-corrected chi connectivity index (χ1v) is 9.16. The van der Waals surface area contributed by atoms with Crippen molar-refractivity contribution in [2.45, 2.75) is 0 Å². The van der Waals surface area contributed by atoms with Gasteiger partial charge in [0, 0.05) is 0 Å². The van der Waals surface area contributed by atoms with Gasteiger partial charge in [-0.3, -0.25) is 0 Å². The molecular weight excluding hydrogens is 440 g/mol. The van der Waals surface area contributed by atoms with Crippen LogP contribution in [-0.2, 0) is 3.78 Å². The summed E-state index contributed by atoms with van der Waals surface area (Å²) in [5, 5.41) is 61.8. The van der Waals surface area contributed by atoms with Gasteiger partial charge in [0.05, 0.1) is 0 Å². The van der Waals surface area contributed by atoms with E-state index in [1.165, 1.54) is 36.4 Å². The van der Waals surface area contributed by atoms with Gasteiger partial charge in [-0.25, -0.2) is 0 Å². The van der Waals surface area contributed by atoms with Crippen molar-refractivity contribution in [3.05, 3.63) is 72.8 Å². The van der Waals surface area contributed by atoms with E-state index in [0.717, 1.165) is 0 Å². The molecule has 10 heteroatoms. The van der Waals surface area contributed by atoms with Gasteiger partial charge in [0.25, 0.3) is 0 Å². The molecule has 0 atom stereocenters. The second kappa shape index (κ2) is 16.8. The van der Waals surface area contributed by atoms with Gasteiger partial charge in [-0.05, 0) is 0 Å². The molecule has 0 aliphatic rings. The molecule has 3 aromatic carbocycles. The van der Waals surface area contributed by atoms with Crippen LogP contribution in [0, 0.1) is 0 Å². The summed E-state index contributed by atoms with van der Waals surface area (Å²) in [7, 11) is 0. The predicted molar refractivity (Wildman–Crippen MR) is 83.8 cm³/mol. The first kappa shape index (κ1) is 27.8. The Morgan fingerprint density at radius 1 is 0.464 bits per heavy atom. The van der Waals surface area contributed by atoms with Gasteiger partial charge in [-0.1, -0.05) is 72.8 Å². The zero-order valence-electron chi connectivity index (χ0n) is 14.8. The quantitative estimate of drug-likeness (QED) is 0.303. The van der Waals surface area contributed by atoms with Crippen molar-refractivity contribution in [2.24, 2.45) is 0 Å². The minimum atomic E-state index is -2.19. The molecule has 144 valence electrons. The monoisotopic (exact) mass is 454 g/mol. The first-order chi connectivity index (χ1) is 12.8. The summed E-state index contributed by atoms with van der Waals surface area (Å²) < 4.78 is 17.1. The van der Waals surface area contributed by atoms with Crippen molar-refractivity contribution in [3.8, 4) is 34.5 Å². The summed E-state index contributed by atoms with van der Waals surface area (Å²) in [5.41, 5.74) is 0. The Balaban J connectivity index is 0. The Bertz CT molecular complexity index is 650. The fourth-order valence-electron chi connectivity index (χ4n) is 1.35. The van der Waals surface area contributed by atoms with Crippen LogP contribution in [0.4, 0.5) is 0 Å². The van der Waals surface area contributed by atoms with Crippen molar-refractivity contribution >= 4 is 15.7 Å². The van der Waals surface area contributed by atoms with Crippen LogP contribution in [-0.4, -0.2) is 15.7 Å². The Labute approximate surface area is 190 Å². The molecule has 0 spiro atoms. The van der Waals surface area contributed by atoms with Crippen LogP contribution in [0.25, 0.3) is 0 Å². The van der Waals surface area contributed by atoms with Crippen LogP contribution in [0.5, 0.6) is 34.5 Å². The van der Waals surface area contributed by atoms with Crippen molar-refractivity contribution in [1.82, 2.24) is 0 Å². The summed E-state index contributed by atoms with van der Waals surface area (Å²) in [6.45, 7) is 0. The first-order valence-electron chi connectivity index (χ1n) is 7.18. The SMILES string of the molecule is [Na+].[O-]c1ccccc1[O-].[O-]c1ccccc1[O-].[O-]c1ccccc1[O-].[O]=[GeH][O-]. The van der Waals surface area contributed by atoms with E-state index in [1.54, 1.807) is 36.4 Å². The van der Waals surface area contributed by atoms with E-state index in [-0.39, 0.29) is 29.6 Å². The summed E-state index contributed by atoms with van der Waals surface area (Å²) in [6.07, 6.45) is 0. The van der Waals surface area contributed by atoms with Gasteiger partial charge in [-0.2, -0.15) is 0 Å². The van der Waals surface area contributed by atoms with E-state index >= 15 is 0 Å². The Morgan fingerprint density at radius 3 is 0.643 bits per heavy atom. The molecule has 0 amide bonds. The maximum absolute atomic E-state index is 10.3. The van der Waals surface area contributed by atoms with Crippen LogP contribution >= 0.6 is 0 Å². The fraction of sp³-hybridized carbons (Fsp3) is 0. The van der Waals surface area contributed by atoms with Crippen molar-refractivity contribution in [2.75, 3.05) is 0 Å². The average molecular weight is 453 g/mol. The minimum absolute atomic E-state index is 0. The molecule has 0 aliphatic carbocycles. The topological polar surface area (TPSA) is 178 Å². The third-order valence-electron chi connectivity index (χ3n) is 2.55. The normalized spacial score (nSPS) is 8.14. The maximum atomic E-state index is 10.3. The van der Waals surface area contributed by atoms with Crippen molar-refractivity contribution < 1.29 is 68.1 Å². The van der Waals surface area contributed by atoms with E-state index in [9.17, 15) is 30.6 Å². The Morgan fingerprint density at radius 2 is 0.571 bits per heavy atom. The van der Waals surface area contributed by atoms with Crippen LogP contribution in [0.3, 0.4) is 0 Å². The second-order valence-electron chi connectivity index (χ2n) is 4.44. The number of rotatable bonds is 0. The molecule has 3 aromatic rings. The van der Waals surface area contributed by atoms with Gasteiger partial charge >= 0.3 is 53.2 Å². The molecular formula is C18H13GeNaO8-6. The van der Waals surface area contributed by atoms with Crippen molar-refractivity contribution in [1.29, 1.82) is 0 Å². The van der Waals surface area contributed by atoms with E-state index in [2.05, 4.69) is 0 Å². The molecule has 0 radical (unpaired) electrons. The molecule has 0 unspecified atom stereocenters. The molecule has 3 rings (SSSR count). The summed E-state index contributed by atoms with van der Waals surface area (Å²) in [5.74, 6) is -2.62. The third-order valence-corrected chi connectivity index (χ3v) is 2.55. The zero-order valence-corrected chi connectivity index (χ0v) is 19.2. The van der Waals surface area contributed by atoms with Gasteiger partial charge in [-0.15, -0.1) is 34.5 Å². The van der Waals surface area contributed by atoms with Crippen molar-refractivity contribution in [3.63, 3.8) is 0 Å². The number of benzene rings is 3. The molecule has 0 fully saturated rings. The van der Waals surface area contributed by atoms with E-state index in [0.29, 0.717) is 0 Å². The third kappa shape index (κ3) is 12.9. The van der Waals surface area contributed by atoms with E-state index in [4.69, 9.17) is 7.91 Å². The Kier molecular flexibility index (Phi) is 16.6. The Hall–Kier alpha value is -2.40. The molecule has 0 bridgehead atoms. The number of para-hydroxylation sites is 6. The van der Waals surface area contributed by atoms with Crippen LogP contribution in [0.2, 0.25) is 0 Å². The van der Waals surface area contributed by atoms with Gasteiger partial charge in [0.2, 0.25) is 0 Å². The fourth-order valence-corrected chi connectivity index (χ4v) is 1.35. The number of hydrogen-bond acceptors (Lipinski definition) is 8. The molecule has 0 N–H and O–H groups in total. The molecule has 28 heavy (non-hydrogen) atoms. The predicted octanol–water partition coefficient (Wildman–Crippen LogP) is -5.45. The van der Waals surface area contributed by atoms with Gasteiger partial charge in [0.1, 0.15) is 0 Å². The summed E-state index contributed by atoms with van der Waals surface area (Å²) in [4.78, 5) is 0. The molecule has 0 aliphatic heterocycles.